The molecule has 1 N–H and O–H groups in total. The molecule has 0 heterocycles. The Morgan fingerprint density at radius 1 is 0.857 bits per heavy atom. The zero-order valence-corrected chi connectivity index (χ0v) is 14.5. The first kappa shape index (κ1) is 18.4. The van der Waals surface area contributed by atoms with Crippen molar-refractivity contribution in [2.45, 2.75) is 57.3 Å². The fraction of sp³-hybridized carbons (Fsp3) is 0.667. The molecule has 0 amide bonds. The van der Waals surface area contributed by atoms with Gasteiger partial charge in [0.05, 0.1) is 0 Å². The Labute approximate surface area is 134 Å². The van der Waals surface area contributed by atoms with E-state index in [9.17, 15) is 5.11 Å². The molecule has 120 valence electrons. The summed E-state index contributed by atoms with van der Waals surface area (Å²) in [5.41, 5.74) is 0. The van der Waals surface area contributed by atoms with E-state index in [-0.39, 0.29) is 0 Å². The van der Waals surface area contributed by atoms with Crippen LogP contribution in [0.25, 0.3) is 0 Å². The van der Waals surface area contributed by atoms with Crippen molar-refractivity contribution in [2.75, 3.05) is 25.4 Å². The second-order valence-electron chi connectivity index (χ2n) is 5.60. The Kier molecular flexibility index (Phi) is 10.4. The van der Waals surface area contributed by atoms with Gasteiger partial charge < -0.3 is 10.0 Å². The molecule has 0 saturated heterocycles. The maximum Gasteiger partial charge on any atom is 0.115 e. The fourth-order valence-electron chi connectivity index (χ4n) is 2.27. The number of hydrogen-bond donors (Lipinski definition) is 1. The summed E-state index contributed by atoms with van der Waals surface area (Å²) in [6.07, 6.45) is 7.79. The van der Waals surface area contributed by atoms with Crippen LogP contribution in [0.2, 0.25) is 0 Å². The Balaban J connectivity index is 2.13. The maximum absolute atomic E-state index is 9.25. The molecule has 0 bridgehead atoms. The quantitative estimate of drug-likeness (QED) is 0.426. The van der Waals surface area contributed by atoms with Crippen LogP contribution in [0.1, 0.15) is 52.4 Å². The van der Waals surface area contributed by atoms with E-state index in [1.165, 1.54) is 68.8 Å². The fourth-order valence-corrected chi connectivity index (χ4v) is 3.18. The molecular weight excluding hydrogens is 278 g/mol. The van der Waals surface area contributed by atoms with Crippen LogP contribution >= 0.6 is 11.8 Å². The third-order valence-electron chi connectivity index (χ3n) is 3.63. The maximum atomic E-state index is 9.25. The van der Waals surface area contributed by atoms with Gasteiger partial charge >= 0.3 is 0 Å². The van der Waals surface area contributed by atoms with E-state index in [4.69, 9.17) is 0 Å². The number of hydrogen-bond acceptors (Lipinski definition) is 3. The van der Waals surface area contributed by atoms with Gasteiger partial charge in [0, 0.05) is 4.90 Å². The number of unbranched alkanes of at least 4 members (excludes halogenated alkanes) is 3. The van der Waals surface area contributed by atoms with Crippen molar-refractivity contribution in [2.24, 2.45) is 0 Å². The molecule has 0 radical (unpaired) electrons. The summed E-state index contributed by atoms with van der Waals surface area (Å²) in [7, 11) is 0. The van der Waals surface area contributed by atoms with Gasteiger partial charge in [0.1, 0.15) is 5.75 Å². The van der Waals surface area contributed by atoms with Gasteiger partial charge in [-0.2, -0.15) is 0 Å². The Hall–Kier alpha value is -0.670. The molecule has 1 rings (SSSR count). The van der Waals surface area contributed by atoms with Gasteiger partial charge in [0.15, 0.2) is 0 Å². The van der Waals surface area contributed by atoms with E-state index in [2.05, 4.69) is 18.7 Å². The normalized spacial score (nSPS) is 11.2. The summed E-state index contributed by atoms with van der Waals surface area (Å²) in [5.74, 6) is 1.52. The number of aromatic hydroxyl groups is 1. The Morgan fingerprint density at radius 2 is 1.43 bits per heavy atom. The SMILES string of the molecule is CCCCN(CCCC)CCCCSc1ccc(O)cc1. The second kappa shape index (κ2) is 11.9. The van der Waals surface area contributed by atoms with Gasteiger partial charge in [0.2, 0.25) is 0 Å². The number of thioether (sulfide) groups is 1. The second-order valence-corrected chi connectivity index (χ2v) is 6.77. The van der Waals surface area contributed by atoms with Crippen LogP contribution in [0.5, 0.6) is 5.75 Å². The lowest BCUT2D eigenvalue weighted by Crippen LogP contribution is -2.27. The highest BCUT2D eigenvalue weighted by molar-refractivity contribution is 7.99. The average molecular weight is 310 g/mol. The van der Waals surface area contributed by atoms with E-state index >= 15 is 0 Å². The smallest absolute Gasteiger partial charge is 0.115 e. The Morgan fingerprint density at radius 3 is 2.00 bits per heavy atom. The zero-order chi connectivity index (χ0) is 15.3. The average Bonchev–Trinajstić information content (AvgIpc) is 2.50. The minimum Gasteiger partial charge on any atom is -0.508 e. The molecular formula is C18H31NOS. The summed E-state index contributed by atoms with van der Waals surface area (Å²) in [6.45, 7) is 8.32. The van der Waals surface area contributed by atoms with Gasteiger partial charge in [0.25, 0.3) is 0 Å². The highest BCUT2D eigenvalue weighted by atomic mass is 32.2. The van der Waals surface area contributed by atoms with Crippen LogP contribution in [0.4, 0.5) is 0 Å². The number of phenols is 1. The molecule has 0 spiro atoms. The lowest BCUT2D eigenvalue weighted by molar-refractivity contribution is 0.261. The van der Waals surface area contributed by atoms with Crippen molar-refractivity contribution in [1.82, 2.24) is 4.90 Å². The highest BCUT2D eigenvalue weighted by Crippen LogP contribution is 2.21. The van der Waals surface area contributed by atoms with Gasteiger partial charge in [-0.15, -0.1) is 11.8 Å². The Bertz CT molecular complexity index is 345. The first-order valence-corrected chi connectivity index (χ1v) is 9.39. The first-order valence-electron chi connectivity index (χ1n) is 8.40. The molecule has 0 fully saturated rings. The standard InChI is InChI=1S/C18H31NOS/c1-3-5-13-19(14-6-4-2)15-7-8-16-21-18-11-9-17(20)10-12-18/h9-12,20H,3-8,13-16H2,1-2H3. The van der Waals surface area contributed by atoms with Crippen molar-refractivity contribution in [1.29, 1.82) is 0 Å². The van der Waals surface area contributed by atoms with Crippen LogP contribution in [-0.2, 0) is 0 Å². The minimum atomic E-state index is 0.349. The molecule has 0 saturated carbocycles. The zero-order valence-electron chi connectivity index (χ0n) is 13.7. The number of phenolic OH excluding ortho intramolecular Hbond substituents is 1. The molecule has 0 aliphatic carbocycles. The predicted octanol–water partition coefficient (Wildman–Crippen LogP) is 5.17. The predicted molar refractivity (Wildman–Crippen MR) is 94.3 cm³/mol. The molecule has 0 aliphatic rings. The number of benzene rings is 1. The number of rotatable bonds is 12. The van der Waals surface area contributed by atoms with Crippen LogP contribution < -0.4 is 0 Å². The van der Waals surface area contributed by atoms with Crippen molar-refractivity contribution >= 4 is 11.8 Å². The largest absolute Gasteiger partial charge is 0.508 e. The van der Waals surface area contributed by atoms with Crippen LogP contribution in [0, 0.1) is 0 Å². The molecule has 21 heavy (non-hydrogen) atoms. The lowest BCUT2D eigenvalue weighted by Gasteiger charge is -2.21. The van der Waals surface area contributed by atoms with E-state index in [0.717, 1.165) is 0 Å². The lowest BCUT2D eigenvalue weighted by atomic mass is 10.2. The van der Waals surface area contributed by atoms with E-state index in [1.54, 1.807) is 12.1 Å². The number of nitrogens with zero attached hydrogens (tertiary/aromatic N) is 1. The van der Waals surface area contributed by atoms with Crippen molar-refractivity contribution in [3.05, 3.63) is 24.3 Å². The van der Waals surface area contributed by atoms with E-state index in [0.29, 0.717) is 5.75 Å². The molecule has 3 heteroatoms. The molecule has 0 aliphatic heterocycles. The molecule has 0 unspecified atom stereocenters. The van der Waals surface area contributed by atoms with Crippen LogP contribution in [0.3, 0.4) is 0 Å². The van der Waals surface area contributed by atoms with Crippen LogP contribution in [0.15, 0.2) is 29.2 Å². The summed E-state index contributed by atoms with van der Waals surface area (Å²) in [6, 6.07) is 7.52. The van der Waals surface area contributed by atoms with Gasteiger partial charge in [-0.1, -0.05) is 26.7 Å². The summed E-state index contributed by atoms with van der Waals surface area (Å²) in [5, 5.41) is 9.25. The van der Waals surface area contributed by atoms with Gasteiger partial charge in [-0.25, -0.2) is 0 Å². The summed E-state index contributed by atoms with van der Waals surface area (Å²) in [4.78, 5) is 3.89. The van der Waals surface area contributed by atoms with Gasteiger partial charge in [-0.3, -0.25) is 0 Å². The minimum absolute atomic E-state index is 0.349. The van der Waals surface area contributed by atoms with E-state index in [1.807, 2.05) is 23.9 Å². The highest BCUT2D eigenvalue weighted by Gasteiger charge is 2.03. The molecule has 1 aromatic carbocycles. The van der Waals surface area contributed by atoms with Crippen LogP contribution in [-0.4, -0.2) is 35.4 Å². The van der Waals surface area contributed by atoms with Crippen molar-refractivity contribution in [3.8, 4) is 5.75 Å². The molecule has 0 atom stereocenters. The van der Waals surface area contributed by atoms with E-state index < -0.39 is 0 Å². The van der Waals surface area contributed by atoms with Crippen molar-refractivity contribution in [3.63, 3.8) is 0 Å². The van der Waals surface area contributed by atoms with Gasteiger partial charge in [-0.05, 0) is 75.3 Å². The molecule has 0 aromatic heterocycles. The summed E-state index contributed by atoms with van der Waals surface area (Å²) >= 11 is 1.89. The third-order valence-corrected chi connectivity index (χ3v) is 4.73. The molecule has 2 nitrogen and oxygen atoms in total. The summed E-state index contributed by atoms with van der Waals surface area (Å²) < 4.78 is 0. The monoisotopic (exact) mass is 309 g/mol. The topological polar surface area (TPSA) is 23.5 Å². The first-order chi connectivity index (χ1) is 10.3. The molecule has 1 aromatic rings. The third kappa shape index (κ3) is 9.05. The van der Waals surface area contributed by atoms with Crippen molar-refractivity contribution < 1.29 is 5.11 Å².